The summed E-state index contributed by atoms with van der Waals surface area (Å²) in [5.74, 6) is -0.983. The van der Waals surface area contributed by atoms with Gasteiger partial charge in [0.15, 0.2) is 6.10 Å². The van der Waals surface area contributed by atoms with Crippen LogP contribution in [0.5, 0.6) is 0 Å². The van der Waals surface area contributed by atoms with Crippen LogP contribution in [0.1, 0.15) is 213 Å². The summed E-state index contributed by atoms with van der Waals surface area (Å²) < 4.78 is 16.8. The summed E-state index contributed by atoms with van der Waals surface area (Å²) in [5, 5.41) is 0. The molecule has 0 aliphatic carbocycles. The van der Waals surface area contributed by atoms with Gasteiger partial charge < -0.3 is 14.2 Å². The molecule has 0 aliphatic rings. The molecule has 0 radical (unpaired) electrons. The van der Waals surface area contributed by atoms with E-state index in [4.69, 9.17) is 14.2 Å². The van der Waals surface area contributed by atoms with Gasteiger partial charge in [-0.05, 0) is 83.5 Å². The molecule has 6 nitrogen and oxygen atoms in total. The van der Waals surface area contributed by atoms with Crippen LogP contribution in [0.15, 0.2) is 122 Å². The average molecular weight is 899 g/mol. The number of ether oxygens (including phenoxy) is 3. The van der Waals surface area contributed by atoms with Crippen LogP contribution in [0.4, 0.5) is 0 Å². The molecule has 1 atom stereocenters. The molecule has 0 aliphatic heterocycles. The fourth-order valence-electron chi connectivity index (χ4n) is 6.76. The molecule has 0 spiro atoms. The number of unbranched alkanes of at least 4 members (excludes halogenated alkanes) is 21. The molecule has 0 fully saturated rings. The molecule has 0 rings (SSSR count). The highest BCUT2D eigenvalue weighted by Gasteiger charge is 2.19. The van der Waals surface area contributed by atoms with Gasteiger partial charge in [0.05, 0.1) is 0 Å². The van der Waals surface area contributed by atoms with E-state index in [1.165, 1.54) is 77.0 Å². The van der Waals surface area contributed by atoms with Gasteiger partial charge in [-0.15, -0.1) is 0 Å². The minimum atomic E-state index is -0.810. The Morgan fingerprint density at radius 2 is 0.615 bits per heavy atom. The maximum atomic E-state index is 12.8. The van der Waals surface area contributed by atoms with Gasteiger partial charge in [0, 0.05) is 19.3 Å². The Bertz CT molecular complexity index is 1400. The zero-order valence-corrected chi connectivity index (χ0v) is 41.7. The third-order valence-corrected chi connectivity index (χ3v) is 10.7. The molecular formula is C59H94O6. The zero-order valence-electron chi connectivity index (χ0n) is 41.7. The summed E-state index contributed by atoms with van der Waals surface area (Å²) in [6, 6.07) is 0. The van der Waals surface area contributed by atoms with Crippen molar-refractivity contribution in [3.05, 3.63) is 122 Å². The van der Waals surface area contributed by atoms with E-state index < -0.39 is 6.10 Å². The van der Waals surface area contributed by atoms with Crippen LogP contribution in [-0.4, -0.2) is 37.2 Å². The number of allylic oxidation sites excluding steroid dienone is 20. The minimum Gasteiger partial charge on any atom is -0.462 e. The van der Waals surface area contributed by atoms with Gasteiger partial charge in [-0.2, -0.15) is 0 Å². The first-order chi connectivity index (χ1) is 32.0. The van der Waals surface area contributed by atoms with E-state index in [2.05, 4.69) is 81.5 Å². The topological polar surface area (TPSA) is 78.9 Å². The number of esters is 3. The van der Waals surface area contributed by atoms with Crippen LogP contribution in [0.2, 0.25) is 0 Å². The van der Waals surface area contributed by atoms with E-state index in [1.54, 1.807) is 0 Å². The summed E-state index contributed by atoms with van der Waals surface area (Å²) in [6.07, 6.45) is 71.8. The lowest BCUT2D eigenvalue weighted by atomic mass is 10.1. The number of carbonyl (C=O) groups excluding carboxylic acids is 3. The first-order valence-electron chi connectivity index (χ1n) is 26.2. The van der Waals surface area contributed by atoms with Gasteiger partial charge >= 0.3 is 17.9 Å². The highest BCUT2D eigenvalue weighted by molar-refractivity contribution is 5.71. The second-order valence-corrected chi connectivity index (χ2v) is 16.9. The summed E-state index contributed by atoms with van der Waals surface area (Å²) in [5.41, 5.74) is 0. The van der Waals surface area contributed by atoms with Gasteiger partial charge in [-0.25, -0.2) is 0 Å². The number of hydrogen-bond acceptors (Lipinski definition) is 6. The molecule has 0 aromatic rings. The third-order valence-electron chi connectivity index (χ3n) is 10.7. The van der Waals surface area contributed by atoms with Gasteiger partial charge in [0.25, 0.3) is 0 Å². The third kappa shape index (κ3) is 50.7. The van der Waals surface area contributed by atoms with Crippen LogP contribution < -0.4 is 0 Å². The molecule has 0 amide bonds. The standard InChI is InChI=1S/C59H94O6/c1-4-7-10-13-16-19-22-25-27-29-31-34-37-40-43-46-49-52-58(61)64-55-56(54-63-57(60)51-48-45-42-39-36-33-24-21-18-15-12-9-6-3)65-59(62)53-50-47-44-41-38-35-32-30-28-26-23-20-17-14-11-8-5-2/h7,9-10,12-13,15-16,18-19,21-22,24-29,31,34,37,56H,4-6,8,11,14,17,20,23,30,32-33,35-36,38-55H2,1-3H3/b10-7-,12-9-,16-13-,18-15-,22-19-,24-21-,27-25-,28-26-,31-29+,37-34-. The summed E-state index contributed by atoms with van der Waals surface area (Å²) in [4.78, 5) is 38.0. The van der Waals surface area contributed by atoms with Crippen molar-refractivity contribution in [2.75, 3.05) is 13.2 Å². The first kappa shape index (κ1) is 60.8. The van der Waals surface area contributed by atoms with Gasteiger partial charge in [-0.1, -0.05) is 232 Å². The molecule has 6 heteroatoms. The quantitative estimate of drug-likeness (QED) is 0.0199. The SMILES string of the molecule is CC\C=C/C=C\C=C/C=C\C=C\C=C/CCCCCC(=O)OCC(COC(=O)CCCCCCC\C=C/C=C\C=C/CC)OC(=O)CCCCCCCCC/C=C\CCCCCCCC. The maximum absolute atomic E-state index is 12.8. The lowest BCUT2D eigenvalue weighted by Gasteiger charge is -2.18. The fourth-order valence-corrected chi connectivity index (χ4v) is 6.76. The van der Waals surface area contributed by atoms with Crippen molar-refractivity contribution in [2.24, 2.45) is 0 Å². The van der Waals surface area contributed by atoms with Crippen LogP contribution in [0.25, 0.3) is 0 Å². The van der Waals surface area contributed by atoms with Crippen molar-refractivity contribution in [3.63, 3.8) is 0 Å². The van der Waals surface area contributed by atoms with E-state index in [0.717, 1.165) is 96.3 Å². The van der Waals surface area contributed by atoms with Crippen LogP contribution in [-0.2, 0) is 28.6 Å². The predicted octanol–water partition coefficient (Wildman–Crippen LogP) is 17.3. The molecule has 0 saturated carbocycles. The van der Waals surface area contributed by atoms with Gasteiger partial charge in [0.1, 0.15) is 13.2 Å². The van der Waals surface area contributed by atoms with Crippen molar-refractivity contribution < 1.29 is 28.6 Å². The van der Waals surface area contributed by atoms with Crippen molar-refractivity contribution in [2.45, 2.75) is 219 Å². The normalized spacial score (nSPS) is 13.1. The van der Waals surface area contributed by atoms with Crippen LogP contribution in [0, 0.1) is 0 Å². The number of carbonyl (C=O) groups is 3. The number of rotatable bonds is 45. The summed E-state index contributed by atoms with van der Waals surface area (Å²) in [7, 11) is 0. The Labute approximate surface area is 399 Å². The average Bonchev–Trinajstić information content (AvgIpc) is 3.30. The largest absolute Gasteiger partial charge is 0.462 e. The summed E-state index contributed by atoms with van der Waals surface area (Å²) in [6.45, 7) is 6.28. The lowest BCUT2D eigenvalue weighted by molar-refractivity contribution is -0.167. The molecular weight excluding hydrogens is 805 g/mol. The highest BCUT2D eigenvalue weighted by Crippen LogP contribution is 2.14. The Morgan fingerprint density at radius 3 is 1.00 bits per heavy atom. The molecule has 0 aromatic heterocycles. The molecule has 0 aromatic carbocycles. The fraction of sp³-hybridized carbons (Fsp3) is 0.610. The Hall–Kier alpha value is -4.19. The predicted molar refractivity (Wildman–Crippen MR) is 279 cm³/mol. The van der Waals surface area contributed by atoms with E-state index >= 15 is 0 Å². The Balaban J connectivity index is 4.52. The van der Waals surface area contributed by atoms with Crippen molar-refractivity contribution in [1.82, 2.24) is 0 Å². The van der Waals surface area contributed by atoms with E-state index in [0.29, 0.717) is 19.3 Å². The Morgan fingerprint density at radius 1 is 0.323 bits per heavy atom. The van der Waals surface area contributed by atoms with Crippen molar-refractivity contribution >= 4 is 17.9 Å². The molecule has 0 heterocycles. The summed E-state index contributed by atoms with van der Waals surface area (Å²) >= 11 is 0. The van der Waals surface area contributed by atoms with Crippen LogP contribution in [0.3, 0.4) is 0 Å². The van der Waals surface area contributed by atoms with E-state index in [1.807, 2.05) is 60.8 Å². The van der Waals surface area contributed by atoms with Gasteiger partial charge in [-0.3, -0.25) is 14.4 Å². The molecule has 1 unspecified atom stereocenters. The zero-order chi connectivity index (χ0) is 47.2. The second-order valence-electron chi connectivity index (χ2n) is 16.9. The lowest BCUT2D eigenvalue weighted by Crippen LogP contribution is -2.30. The monoisotopic (exact) mass is 899 g/mol. The maximum Gasteiger partial charge on any atom is 0.306 e. The van der Waals surface area contributed by atoms with Gasteiger partial charge in [0.2, 0.25) is 0 Å². The van der Waals surface area contributed by atoms with Crippen LogP contribution >= 0.6 is 0 Å². The molecule has 65 heavy (non-hydrogen) atoms. The minimum absolute atomic E-state index is 0.108. The van der Waals surface area contributed by atoms with E-state index in [9.17, 15) is 14.4 Å². The molecule has 0 bridgehead atoms. The van der Waals surface area contributed by atoms with Crippen molar-refractivity contribution in [3.8, 4) is 0 Å². The second kappa shape index (κ2) is 52.4. The Kier molecular flexibility index (Phi) is 49.1. The first-order valence-corrected chi connectivity index (χ1v) is 26.2. The highest BCUT2D eigenvalue weighted by atomic mass is 16.6. The van der Waals surface area contributed by atoms with E-state index in [-0.39, 0.29) is 31.1 Å². The molecule has 0 saturated heterocycles. The molecule has 0 N–H and O–H groups in total. The van der Waals surface area contributed by atoms with Crippen molar-refractivity contribution in [1.29, 1.82) is 0 Å². The molecule has 366 valence electrons. The smallest absolute Gasteiger partial charge is 0.306 e. The number of hydrogen-bond donors (Lipinski definition) is 0.